The Balaban J connectivity index is 2.53. The number of benzene rings is 1. The van der Waals surface area contributed by atoms with Gasteiger partial charge in [-0.1, -0.05) is 36.8 Å². The normalized spacial score (nSPS) is 14.2. The molecule has 0 fully saturated rings. The highest BCUT2D eigenvalue weighted by atomic mass is 16.2. The minimum absolute atomic E-state index is 0.0977. The van der Waals surface area contributed by atoms with Crippen molar-refractivity contribution >= 4 is 5.91 Å². The molecule has 2 atom stereocenters. The molecule has 88 valence electrons. The van der Waals surface area contributed by atoms with E-state index in [-0.39, 0.29) is 5.91 Å². The molecule has 3 nitrogen and oxygen atoms in total. The second kappa shape index (κ2) is 5.66. The summed E-state index contributed by atoms with van der Waals surface area (Å²) in [5.74, 6) is 0.210. The summed E-state index contributed by atoms with van der Waals surface area (Å²) >= 11 is 0. The third-order valence-electron chi connectivity index (χ3n) is 2.61. The molecular formula is C13H20N2O. The first-order valence-electron chi connectivity index (χ1n) is 5.60. The van der Waals surface area contributed by atoms with E-state index in [1.165, 1.54) is 11.1 Å². The van der Waals surface area contributed by atoms with Gasteiger partial charge in [0, 0.05) is 6.54 Å². The Morgan fingerprint density at radius 3 is 2.69 bits per heavy atom. The van der Waals surface area contributed by atoms with Crippen LogP contribution in [0.1, 0.15) is 30.9 Å². The van der Waals surface area contributed by atoms with Gasteiger partial charge in [-0.25, -0.2) is 0 Å². The van der Waals surface area contributed by atoms with E-state index in [0.29, 0.717) is 12.5 Å². The van der Waals surface area contributed by atoms with Crippen molar-refractivity contribution in [2.24, 2.45) is 5.73 Å². The van der Waals surface area contributed by atoms with Crippen LogP contribution >= 0.6 is 0 Å². The van der Waals surface area contributed by atoms with E-state index in [1.807, 2.05) is 6.07 Å². The smallest absolute Gasteiger partial charge is 0.236 e. The number of nitrogens with two attached hydrogens (primary N) is 1. The fourth-order valence-corrected chi connectivity index (χ4v) is 1.51. The number of rotatable bonds is 4. The number of hydrogen-bond donors (Lipinski definition) is 2. The van der Waals surface area contributed by atoms with E-state index in [4.69, 9.17) is 5.73 Å². The average Bonchev–Trinajstić information content (AvgIpc) is 2.25. The van der Waals surface area contributed by atoms with E-state index in [9.17, 15) is 4.79 Å². The van der Waals surface area contributed by atoms with Gasteiger partial charge >= 0.3 is 0 Å². The molecule has 0 bridgehead atoms. The Hall–Kier alpha value is -1.35. The molecule has 0 aliphatic carbocycles. The lowest BCUT2D eigenvalue weighted by Gasteiger charge is -2.14. The molecule has 1 rings (SSSR count). The summed E-state index contributed by atoms with van der Waals surface area (Å²) < 4.78 is 0. The van der Waals surface area contributed by atoms with Gasteiger partial charge in [0.05, 0.1) is 6.04 Å². The number of aryl methyl sites for hydroxylation is 1. The first kappa shape index (κ1) is 12.7. The van der Waals surface area contributed by atoms with E-state index in [2.05, 4.69) is 37.4 Å². The molecule has 0 aliphatic heterocycles. The first-order valence-corrected chi connectivity index (χ1v) is 5.60. The van der Waals surface area contributed by atoms with Crippen LogP contribution in [0.15, 0.2) is 24.3 Å². The molecule has 0 saturated carbocycles. The van der Waals surface area contributed by atoms with Gasteiger partial charge in [-0.2, -0.15) is 0 Å². The lowest BCUT2D eigenvalue weighted by Crippen LogP contribution is -2.39. The number of amides is 1. The minimum Gasteiger partial charge on any atom is -0.354 e. The second-order valence-corrected chi connectivity index (χ2v) is 4.35. The molecule has 16 heavy (non-hydrogen) atoms. The summed E-state index contributed by atoms with van der Waals surface area (Å²) in [5, 5.41) is 2.84. The Bertz CT molecular complexity index is 361. The SMILES string of the molecule is Cc1cccc(C(C)CNC(=O)[C@@H](C)N)c1. The van der Waals surface area contributed by atoms with Gasteiger partial charge in [-0.15, -0.1) is 0 Å². The van der Waals surface area contributed by atoms with Crippen molar-refractivity contribution in [1.82, 2.24) is 5.32 Å². The molecular weight excluding hydrogens is 200 g/mol. The van der Waals surface area contributed by atoms with E-state index in [1.54, 1.807) is 6.92 Å². The molecule has 1 aromatic rings. The summed E-state index contributed by atoms with van der Waals surface area (Å²) in [6.45, 7) is 6.48. The van der Waals surface area contributed by atoms with E-state index >= 15 is 0 Å². The number of carbonyl (C=O) groups is 1. The summed E-state index contributed by atoms with van der Waals surface area (Å²) in [6.07, 6.45) is 0. The number of hydrogen-bond acceptors (Lipinski definition) is 2. The van der Waals surface area contributed by atoms with Gasteiger partial charge in [-0.05, 0) is 25.3 Å². The highest BCUT2D eigenvalue weighted by molar-refractivity contribution is 5.80. The predicted octanol–water partition coefficient (Wildman–Crippen LogP) is 1.56. The third kappa shape index (κ3) is 3.66. The fraction of sp³-hybridized carbons (Fsp3) is 0.462. The quantitative estimate of drug-likeness (QED) is 0.809. The summed E-state index contributed by atoms with van der Waals surface area (Å²) in [7, 11) is 0. The Morgan fingerprint density at radius 1 is 1.44 bits per heavy atom. The van der Waals surface area contributed by atoms with Crippen LogP contribution in [0.25, 0.3) is 0 Å². The molecule has 0 heterocycles. The van der Waals surface area contributed by atoms with Crippen LogP contribution in [-0.4, -0.2) is 18.5 Å². The van der Waals surface area contributed by atoms with Crippen LogP contribution in [0.2, 0.25) is 0 Å². The molecule has 0 aromatic heterocycles. The second-order valence-electron chi connectivity index (χ2n) is 4.35. The van der Waals surface area contributed by atoms with E-state index < -0.39 is 6.04 Å². The Morgan fingerprint density at radius 2 is 2.12 bits per heavy atom. The zero-order chi connectivity index (χ0) is 12.1. The van der Waals surface area contributed by atoms with Crippen LogP contribution in [0.3, 0.4) is 0 Å². The highest BCUT2D eigenvalue weighted by Crippen LogP contribution is 2.15. The largest absolute Gasteiger partial charge is 0.354 e. The molecule has 0 radical (unpaired) electrons. The van der Waals surface area contributed by atoms with E-state index in [0.717, 1.165) is 0 Å². The molecule has 0 aliphatic rings. The monoisotopic (exact) mass is 220 g/mol. The van der Waals surface area contributed by atoms with Crippen molar-refractivity contribution in [2.75, 3.05) is 6.54 Å². The molecule has 1 amide bonds. The van der Waals surface area contributed by atoms with Crippen LogP contribution in [-0.2, 0) is 4.79 Å². The fourth-order valence-electron chi connectivity index (χ4n) is 1.51. The molecule has 1 aromatic carbocycles. The number of nitrogens with one attached hydrogen (secondary N) is 1. The molecule has 0 spiro atoms. The maximum Gasteiger partial charge on any atom is 0.236 e. The molecule has 0 saturated heterocycles. The zero-order valence-electron chi connectivity index (χ0n) is 10.2. The van der Waals surface area contributed by atoms with Gasteiger partial charge in [0.2, 0.25) is 5.91 Å². The topological polar surface area (TPSA) is 55.1 Å². The maximum absolute atomic E-state index is 11.3. The Labute approximate surface area is 97.0 Å². The van der Waals surface area contributed by atoms with Crippen molar-refractivity contribution in [3.63, 3.8) is 0 Å². The van der Waals surface area contributed by atoms with Crippen molar-refractivity contribution in [1.29, 1.82) is 0 Å². The summed E-state index contributed by atoms with van der Waals surface area (Å²) in [6, 6.07) is 7.88. The van der Waals surface area contributed by atoms with Crippen LogP contribution < -0.4 is 11.1 Å². The number of carbonyl (C=O) groups excluding carboxylic acids is 1. The van der Waals surface area contributed by atoms with Crippen LogP contribution in [0, 0.1) is 6.92 Å². The molecule has 3 N–H and O–H groups in total. The van der Waals surface area contributed by atoms with Crippen molar-refractivity contribution in [3.05, 3.63) is 35.4 Å². The minimum atomic E-state index is -0.440. The lowest BCUT2D eigenvalue weighted by molar-refractivity contribution is -0.122. The van der Waals surface area contributed by atoms with Gasteiger partial charge in [-0.3, -0.25) is 4.79 Å². The molecule has 1 unspecified atom stereocenters. The maximum atomic E-state index is 11.3. The zero-order valence-corrected chi connectivity index (χ0v) is 10.2. The first-order chi connectivity index (χ1) is 7.50. The van der Waals surface area contributed by atoms with Crippen molar-refractivity contribution < 1.29 is 4.79 Å². The van der Waals surface area contributed by atoms with Gasteiger partial charge in [0.25, 0.3) is 0 Å². The lowest BCUT2D eigenvalue weighted by atomic mass is 9.99. The van der Waals surface area contributed by atoms with Crippen molar-refractivity contribution in [2.45, 2.75) is 32.7 Å². The Kier molecular flexibility index (Phi) is 4.50. The highest BCUT2D eigenvalue weighted by Gasteiger charge is 2.10. The third-order valence-corrected chi connectivity index (χ3v) is 2.61. The van der Waals surface area contributed by atoms with Gasteiger partial charge in [0.15, 0.2) is 0 Å². The average molecular weight is 220 g/mol. The summed E-state index contributed by atoms with van der Waals surface area (Å²) in [5.41, 5.74) is 7.95. The predicted molar refractivity (Wildman–Crippen MR) is 66.3 cm³/mol. The summed E-state index contributed by atoms with van der Waals surface area (Å²) in [4.78, 5) is 11.3. The van der Waals surface area contributed by atoms with Crippen molar-refractivity contribution in [3.8, 4) is 0 Å². The van der Waals surface area contributed by atoms with Gasteiger partial charge in [0.1, 0.15) is 0 Å². The molecule has 3 heteroatoms. The standard InChI is InChI=1S/C13H20N2O/c1-9-5-4-6-12(7-9)10(2)8-15-13(16)11(3)14/h4-7,10-11H,8,14H2,1-3H3,(H,15,16)/t10?,11-/m1/s1. The van der Waals surface area contributed by atoms with Crippen LogP contribution in [0.5, 0.6) is 0 Å². The van der Waals surface area contributed by atoms with Gasteiger partial charge < -0.3 is 11.1 Å². The van der Waals surface area contributed by atoms with Crippen LogP contribution in [0.4, 0.5) is 0 Å².